The second kappa shape index (κ2) is 4.30. The zero-order valence-corrected chi connectivity index (χ0v) is 10.8. The topological polar surface area (TPSA) is 0 Å². The molecule has 0 aromatic heterocycles. The summed E-state index contributed by atoms with van der Waals surface area (Å²) in [6.07, 6.45) is 2.15. The van der Waals surface area contributed by atoms with Crippen LogP contribution in [0.4, 0.5) is 0 Å². The second-order valence-electron chi connectivity index (χ2n) is 4.69. The highest BCUT2D eigenvalue weighted by Crippen LogP contribution is 2.27. The molecule has 0 heterocycles. The normalized spacial score (nSPS) is 12.2. The van der Waals surface area contributed by atoms with E-state index in [4.69, 9.17) is 0 Å². The number of hydrogen-bond donors (Lipinski definition) is 0. The van der Waals surface area contributed by atoms with Crippen LogP contribution in [0.25, 0.3) is 27.1 Å². The fraction of sp³-hybridized carbons (Fsp3) is 0.111. The van der Waals surface area contributed by atoms with Crippen molar-refractivity contribution in [3.63, 3.8) is 0 Å². The van der Waals surface area contributed by atoms with Crippen LogP contribution in [0.2, 0.25) is 0 Å². The molecule has 0 radical (unpaired) electrons. The molecule has 0 unspecified atom stereocenters. The van der Waals surface area contributed by atoms with E-state index in [0.717, 1.165) is 0 Å². The average Bonchev–Trinajstić information content (AvgIpc) is 2.45. The van der Waals surface area contributed by atoms with Gasteiger partial charge in [0.2, 0.25) is 0 Å². The third-order valence-corrected chi connectivity index (χ3v) is 3.63. The lowest BCUT2D eigenvalue weighted by Gasteiger charge is -2.07. The fourth-order valence-corrected chi connectivity index (χ4v) is 2.43. The van der Waals surface area contributed by atoms with Gasteiger partial charge in [-0.1, -0.05) is 54.6 Å². The van der Waals surface area contributed by atoms with E-state index in [0.29, 0.717) is 0 Å². The Kier molecular flexibility index (Phi) is 2.64. The number of hydrogen-bond acceptors (Lipinski definition) is 0. The Bertz CT molecular complexity index is 748. The fourth-order valence-electron chi connectivity index (χ4n) is 2.43. The molecule has 0 aliphatic carbocycles. The van der Waals surface area contributed by atoms with Gasteiger partial charge in [-0.2, -0.15) is 0 Å². The van der Waals surface area contributed by atoms with Crippen LogP contribution < -0.4 is 0 Å². The van der Waals surface area contributed by atoms with Crippen molar-refractivity contribution in [3.05, 3.63) is 66.2 Å². The van der Waals surface area contributed by atoms with Gasteiger partial charge in [0.05, 0.1) is 0 Å². The minimum Gasteiger partial charge on any atom is -0.0841 e. The lowest BCUT2D eigenvalue weighted by molar-refractivity contribution is 1.57. The van der Waals surface area contributed by atoms with Crippen LogP contribution in [0.15, 0.2) is 60.7 Å². The summed E-state index contributed by atoms with van der Waals surface area (Å²) in [5.74, 6) is 0. The first-order chi connectivity index (χ1) is 8.79. The second-order valence-corrected chi connectivity index (χ2v) is 4.69. The Balaban J connectivity index is 2.34. The highest BCUT2D eigenvalue weighted by atomic mass is 14.1. The van der Waals surface area contributed by atoms with Crippen LogP contribution in [-0.4, -0.2) is 0 Å². The first-order valence-electron chi connectivity index (χ1n) is 6.34. The molecule has 0 aliphatic heterocycles. The van der Waals surface area contributed by atoms with Gasteiger partial charge in [-0.15, -0.1) is 0 Å². The number of allylic oxidation sites excluding steroid dienone is 2. The predicted octanol–water partition coefficient (Wildman–Crippen LogP) is 5.42. The molecule has 0 N–H and O–H groups in total. The Labute approximate surface area is 108 Å². The molecular formula is C18H16. The highest BCUT2D eigenvalue weighted by molar-refractivity contribution is 6.07. The molecule has 18 heavy (non-hydrogen) atoms. The molecule has 0 amide bonds. The summed E-state index contributed by atoms with van der Waals surface area (Å²) in [5.41, 5.74) is 2.63. The van der Waals surface area contributed by atoms with Crippen molar-refractivity contribution in [1.82, 2.24) is 0 Å². The van der Waals surface area contributed by atoms with Crippen LogP contribution in [0.5, 0.6) is 0 Å². The molecule has 0 bridgehead atoms. The molecule has 0 aliphatic rings. The minimum atomic E-state index is 1.31. The molecule has 0 nitrogen and oxygen atoms in total. The van der Waals surface area contributed by atoms with E-state index in [1.165, 1.54) is 32.7 Å². The number of fused-ring (bicyclic) bond motifs is 3. The van der Waals surface area contributed by atoms with Gasteiger partial charge >= 0.3 is 0 Å². The van der Waals surface area contributed by atoms with Gasteiger partial charge in [-0.05, 0) is 52.6 Å². The molecule has 3 rings (SSSR count). The minimum absolute atomic E-state index is 1.31. The Morgan fingerprint density at radius 2 is 1.56 bits per heavy atom. The summed E-state index contributed by atoms with van der Waals surface area (Å²) >= 11 is 0. The molecule has 0 saturated carbocycles. The van der Waals surface area contributed by atoms with Gasteiger partial charge in [0.25, 0.3) is 0 Å². The summed E-state index contributed by atoms with van der Waals surface area (Å²) in [5, 5.41) is 5.29. The van der Waals surface area contributed by atoms with E-state index in [-0.39, 0.29) is 0 Å². The van der Waals surface area contributed by atoms with E-state index in [2.05, 4.69) is 74.5 Å². The van der Waals surface area contributed by atoms with Crippen LogP contribution in [-0.2, 0) is 0 Å². The maximum Gasteiger partial charge on any atom is -0.0105 e. The lowest BCUT2D eigenvalue weighted by Crippen LogP contribution is -1.82. The number of benzene rings is 3. The molecule has 0 fully saturated rings. The molecule has 3 aromatic rings. The zero-order valence-electron chi connectivity index (χ0n) is 10.8. The van der Waals surface area contributed by atoms with Crippen LogP contribution >= 0.6 is 0 Å². The standard InChI is InChI=1S/C18H16/c1-3-13(2)15-10-11-18-16(12-15)9-8-14-6-4-5-7-17(14)18/h3-12H,1-2H3. The van der Waals surface area contributed by atoms with Crippen LogP contribution in [0.3, 0.4) is 0 Å². The maximum absolute atomic E-state index is 2.27. The monoisotopic (exact) mass is 232 g/mol. The average molecular weight is 232 g/mol. The van der Waals surface area contributed by atoms with Gasteiger partial charge in [0.15, 0.2) is 0 Å². The van der Waals surface area contributed by atoms with E-state index >= 15 is 0 Å². The Hall–Kier alpha value is -2.08. The van der Waals surface area contributed by atoms with Crippen molar-refractivity contribution >= 4 is 27.1 Å². The van der Waals surface area contributed by atoms with Crippen LogP contribution in [0, 0.1) is 0 Å². The molecule has 3 aromatic carbocycles. The molecule has 0 atom stereocenters. The van der Waals surface area contributed by atoms with Gasteiger partial charge in [-0.3, -0.25) is 0 Å². The Morgan fingerprint density at radius 1 is 0.833 bits per heavy atom. The summed E-state index contributed by atoms with van der Waals surface area (Å²) in [6, 6.07) is 19.7. The molecule has 0 spiro atoms. The molecule has 88 valence electrons. The quantitative estimate of drug-likeness (QED) is 0.492. The summed E-state index contributed by atoms with van der Waals surface area (Å²) in [7, 11) is 0. The smallest absolute Gasteiger partial charge is 0.0105 e. The lowest BCUT2D eigenvalue weighted by atomic mass is 9.98. The zero-order chi connectivity index (χ0) is 12.5. The number of rotatable bonds is 1. The Morgan fingerprint density at radius 3 is 2.39 bits per heavy atom. The summed E-state index contributed by atoms with van der Waals surface area (Å²) in [4.78, 5) is 0. The van der Waals surface area contributed by atoms with Crippen molar-refractivity contribution in [3.8, 4) is 0 Å². The van der Waals surface area contributed by atoms with Crippen molar-refractivity contribution in [2.24, 2.45) is 0 Å². The van der Waals surface area contributed by atoms with Gasteiger partial charge in [0.1, 0.15) is 0 Å². The van der Waals surface area contributed by atoms with Crippen molar-refractivity contribution in [2.75, 3.05) is 0 Å². The largest absolute Gasteiger partial charge is 0.0841 e. The van der Waals surface area contributed by atoms with Crippen molar-refractivity contribution in [2.45, 2.75) is 13.8 Å². The van der Waals surface area contributed by atoms with E-state index in [9.17, 15) is 0 Å². The van der Waals surface area contributed by atoms with E-state index in [1.807, 2.05) is 0 Å². The third kappa shape index (κ3) is 1.70. The van der Waals surface area contributed by atoms with Crippen molar-refractivity contribution in [1.29, 1.82) is 0 Å². The highest BCUT2D eigenvalue weighted by Gasteiger charge is 2.01. The third-order valence-electron chi connectivity index (χ3n) is 3.63. The van der Waals surface area contributed by atoms with Crippen molar-refractivity contribution < 1.29 is 0 Å². The van der Waals surface area contributed by atoms with Gasteiger partial charge < -0.3 is 0 Å². The molecule has 0 heteroatoms. The first kappa shape index (κ1) is 11.0. The summed E-state index contributed by atoms with van der Waals surface area (Å²) < 4.78 is 0. The van der Waals surface area contributed by atoms with Gasteiger partial charge in [0, 0.05) is 0 Å². The predicted molar refractivity (Wildman–Crippen MR) is 80.8 cm³/mol. The first-order valence-corrected chi connectivity index (χ1v) is 6.34. The molecule has 0 saturated heterocycles. The van der Waals surface area contributed by atoms with E-state index in [1.54, 1.807) is 0 Å². The van der Waals surface area contributed by atoms with Gasteiger partial charge in [-0.25, -0.2) is 0 Å². The summed E-state index contributed by atoms with van der Waals surface area (Å²) in [6.45, 7) is 4.24. The molecular weight excluding hydrogens is 216 g/mol. The SMILES string of the molecule is CC=C(C)c1ccc2c(ccc3ccccc32)c1. The van der Waals surface area contributed by atoms with Crippen LogP contribution in [0.1, 0.15) is 19.4 Å². The van der Waals surface area contributed by atoms with E-state index < -0.39 is 0 Å². The maximum atomic E-state index is 2.27.